The topological polar surface area (TPSA) is 173 Å². The number of amides is 1. The van der Waals surface area contributed by atoms with Gasteiger partial charge < -0.3 is 39.0 Å². The fourth-order valence-corrected chi connectivity index (χ4v) is 7.68. The first-order valence-electron chi connectivity index (χ1n) is 17.6. The number of carbonyl (C=O) groups is 1. The Morgan fingerprint density at radius 3 is 2.39 bits per heavy atom. The van der Waals surface area contributed by atoms with Crippen LogP contribution in [0.5, 0.6) is 5.75 Å². The van der Waals surface area contributed by atoms with E-state index in [2.05, 4.69) is 51.9 Å². The Balaban J connectivity index is 1.27. The summed E-state index contributed by atoms with van der Waals surface area (Å²) in [4.78, 5) is 24.5. The number of anilines is 4. The average Bonchev–Trinajstić information content (AvgIpc) is 3.67. The number of ether oxygens (including phenoxy) is 1. The first kappa shape index (κ1) is 43.1. The van der Waals surface area contributed by atoms with E-state index in [0.717, 1.165) is 5.46 Å². The molecule has 0 aliphatic carbocycles. The van der Waals surface area contributed by atoms with Gasteiger partial charge in [-0.25, -0.2) is 9.97 Å². The Morgan fingerprint density at radius 2 is 1.75 bits per heavy atom. The highest BCUT2D eigenvalue weighted by Gasteiger charge is 2.52. The number of halogens is 4. The minimum Gasteiger partial charge on any atom is -0.495 e. The van der Waals surface area contributed by atoms with Gasteiger partial charge in [0.25, 0.3) is 5.91 Å². The molecular weight excluding hydrogens is 823 g/mol. The summed E-state index contributed by atoms with van der Waals surface area (Å²) in [6.07, 6.45) is -0.670. The number of rotatable bonds is 16. The minimum atomic E-state index is -4.83. The van der Waals surface area contributed by atoms with Gasteiger partial charge in [-0.1, -0.05) is 6.07 Å². The van der Waals surface area contributed by atoms with Crippen molar-refractivity contribution in [3.05, 3.63) is 70.3 Å². The summed E-state index contributed by atoms with van der Waals surface area (Å²) in [5, 5.41) is 12.3. The molecule has 0 saturated carbocycles. The second-order valence-corrected chi connectivity index (χ2v) is 16.9. The lowest BCUT2D eigenvalue weighted by atomic mass is 9.82. The predicted molar refractivity (Wildman–Crippen MR) is 208 cm³/mol. The van der Waals surface area contributed by atoms with Crippen LogP contribution in [0.2, 0.25) is 0 Å². The van der Waals surface area contributed by atoms with E-state index in [1.165, 1.54) is 26.3 Å². The summed E-state index contributed by atoms with van der Waals surface area (Å²) < 4.78 is 87.6. The van der Waals surface area contributed by atoms with Crippen molar-refractivity contribution in [1.29, 1.82) is 0 Å². The number of hydrogen-bond donors (Lipinski definition) is 3. The summed E-state index contributed by atoms with van der Waals surface area (Å²) >= 11 is 3.17. The van der Waals surface area contributed by atoms with Gasteiger partial charge in [-0.05, 0) is 93.7 Å². The Labute approximate surface area is 331 Å². The van der Waals surface area contributed by atoms with Crippen LogP contribution >= 0.6 is 23.5 Å². The van der Waals surface area contributed by atoms with Gasteiger partial charge in [0.05, 0.1) is 48.6 Å². The van der Waals surface area contributed by atoms with Crippen molar-refractivity contribution in [1.82, 2.24) is 30.0 Å². The zero-order valence-corrected chi connectivity index (χ0v) is 34.6. The second-order valence-electron chi connectivity index (χ2n) is 14.1. The molecule has 1 aromatic carbocycles. The van der Waals surface area contributed by atoms with Gasteiger partial charge in [0.1, 0.15) is 21.7 Å². The van der Waals surface area contributed by atoms with Crippen molar-refractivity contribution in [2.75, 3.05) is 31.4 Å². The number of aryl methyl sites for hydroxylation is 1. The first-order chi connectivity index (χ1) is 26.2. The minimum absolute atomic E-state index is 0.0201. The quantitative estimate of drug-likeness (QED) is 0.0446. The third-order valence-corrected chi connectivity index (χ3v) is 11.4. The number of alkyl halides is 3. The predicted octanol–water partition coefficient (Wildman–Crippen LogP) is 7.23. The molecule has 15 nitrogen and oxygen atoms in total. The Hall–Kier alpha value is -4.07. The van der Waals surface area contributed by atoms with Crippen LogP contribution in [0, 0.1) is 0 Å². The normalized spacial score (nSPS) is 16.1. The SMILES string of the molecule is CNC(=O)c1nc(Br)ccc1Nc1nc(Nc2ccc(CP(=O)(OCCCn3cc(B4OC(C)(C)C(C)(C)O4)cn3)OC(C)C)cc2OC)ncc1C(F)(F)F. The third-order valence-electron chi connectivity index (χ3n) is 8.91. The lowest BCUT2D eigenvalue weighted by molar-refractivity contribution is -0.137. The second kappa shape index (κ2) is 17.2. The number of carbonyl (C=O) groups excluding carboxylic acids is 1. The molecule has 4 heterocycles. The zero-order chi connectivity index (χ0) is 41.1. The van der Waals surface area contributed by atoms with Gasteiger partial charge in [0.2, 0.25) is 5.95 Å². The molecule has 1 aliphatic heterocycles. The number of pyridine rings is 1. The maximum atomic E-state index is 14.0. The molecule has 1 aliphatic rings. The van der Waals surface area contributed by atoms with Crippen LogP contribution < -0.4 is 26.2 Å². The van der Waals surface area contributed by atoms with Crippen LogP contribution in [0.15, 0.2) is 53.5 Å². The number of benzene rings is 1. The standard InChI is InChI=1S/C35H44BBrF3N8O7P/c1-21(2)53-56(50,52-15-9-14-48-19-23(17-43-48)36-54-33(3,4)34(5,6)55-36)20-22-10-11-25(27(16-22)51-8)45-32-42-18-24(35(38,39)40)30(47-32)44-26-12-13-28(37)46-29(26)31(49)41-7/h10-13,16-19,21H,9,14-15,20H2,1-8H3,(H,41,49)(H2,42,44,45,47). The summed E-state index contributed by atoms with van der Waals surface area (Å²) in [6, 6.07) is 7.70. The fraction of sp³-hybridized carbons (Fsp3) is 0.457. The highest BCUT2D eigenvalue weighted by molar-refractivity contribution is 9.10. The lowest BCUT2D eigenvalue weighted by Crippen LogP contribution is -2.41. The van der Waals surface area contributed by atoms with Crippen LogP contribution in [0.1, 0.15) is 69.6 Å². The molecule has 1 saturated heterocycles. The van der Waals surface area contributed by atoms with Crippen molar-refractivity contribution >= 4 is 65.2 Å². The third kappa shape index (κ3) is 10.5. The lowest BCUT2D eigenvalue weighted by Gasteiger charge is -2.32. The van der Waals surface area contributed by atoms with E-state index in [-0.39, 0.29) is 35.8 Å². The summed E-state index contributed by atoms with van der Waals surface area (Å²) in [5.74, 6) is -1.21. The van der Waals surface area contributed by atoms with E-state index in [1.54, 1.807) is 42.9 Å². The van der Waals surface area contributed by atoms with Crippen LogP contribution in [-0.2, 0) is 41.8 Å². The van der Waals surface area contributed by atoms with Crippen LogP contribution in [0.25, 0.3) is 0 Å². The smallest absolute Gasteiger partial charge is 0.495 e. The molecule has 0 spiro atoms. The van der Waals surface area contributed by atoms with Gasteiger partial charge in [-0.15, -0.1) is 0 Å². The molecule has 56 heavy (non-hydrogen) atoms. The monoisotopic (exact) mass is 866 g/mol. The van der Waals surface area contributed by atoms with Gasteiger partial charge in [0.15, 0.2) is 5.69 Å². The van der Waals surface area contributed by atoms with Gasteiger partial charge >= 0.3 is 20.9 Å². The molecule has 1 unspecified atom stereocenters. The summed E-state index contributed by atoms with van der Waals surface area (Å²) in [6.45, 7) is 12.0. The highest BCUT2D eigenvalue weighted by atomic mass is 79.9. The van der Waals surface area contributed by atoms with Crippen molar-refractivity contribution in [2.45, 2.75) is 84.2 Å². The Kier molecular flexibility index (Phi) is 13.2. The van der Waals surface area contributed by atoms with E-state index >= 15 is 0 Å². The number of nitrogens with zero attached hydrogens (tertiary/aromatic N) is 5. The van der Waals surface area contributed by atoms with Crippen LogP contribution in [0.3, 0.4) is 0 Å². The van der Waals surface area contributed by atoms with Crippen molar-refractivity contribution < 1.29 is 45.6 Å². The average molecular weight is 867 g/mol. The van der Waals surface area contributed by atoms with Crippen molar-refractivity contribution in [3.63, 3.8) is 0 Å². The summed E-state index contributed by atoms with van der Waals surface area (Å²) in [5.41, 5.74) is -0.657. The number of hydrogen-bond acceptors (Lipinski definition) is 13. The molecule has 1 amide bonds. The molecule has 302 valence electrons. The van der Waals surface area contributed by atoms with E-state index in [1.807, 2.05) is 33.9 Å². The van der Waals surface area contributed by atoms with Crippen molar-refractivity contribution in [2.24, 2.45) is 0 Å². The van der Waals surface area contributed by atoms with Gasteiger partial charge in [0, 0.05) is 37.6 Å². The molecular formula is C35H44BBrF3N8O7P. The molecule has 4 aromatic rings. The van der Waals surface area contributed by atoms with Crippen LogP contribution in [0.4, 0.5) is 36.3 Å². The Bertz CT molecular complexity index is 2070. The number of aromatic nitrogens is 5. The Morgan fingerprint density at radius 1 is 1.05 bits per heavy atom. The summed E-state index contributed by atoms with van der Waals surface area (Å²) in [7, 11) is -1.44. The largest absolute Gasteiger partial charge is 0.498 e. The maximum Gasteiger partial charge on any atom is 0.498 e. The number of nitrogens with one attached hydrogen (secondary N) is 3. The van der Waals surface area contributed by atoms with E-state index < -0.39 is 55.5 Å². The molecule has 5 rings (SSSR count). The van der Waals surface area contributed by atoms with E-state index in [4.69, 9.17) is 23.1 Å². The molecule has 21 heteroatoms. The number of methoxy groups -OCH3 is 1. The molecule has 0 radical (unpaired) electrons. The first-order valence-corrected chi connectivity index (χ1v) is 20.1. The van der Waals surface area contributed by atoms with E-state index in [0.29, 0.717) is 35.0 Å². The molecule has 3 N–H and O–H groups in total. The van der Waals surface area contributed by atoms with Crippen LogP contribution in [-0.4, -0.2) is 75.8 Å². The molecule has 1 fully saturated rings. The zero-order valence-electron chi connectivity index (χ0n) is 32.2. The van der Waals surface area contributed by atoms with E-state index in [9.17, 15) is 22.5 Å². The molecule has 1 atom stereocenters. The maximum absolute atomic E-state index is 14.0. The molecule has 0 bridgehead atoms. The molecule has 3 aromatic heterocycles. The fourth-order valence-electron chi connectivity index (χ4n) is 5.45. The van der Waals surface area contributed by atoms with Crippen molar-refractivity contribution in [3.8, 4) is 5.75 Å². The van der Waals surface area contributed by atoms with Gasteiger partial charge in [-0.2, -0.15) is 23.3 Å². The highest BCUT2D eigenvalue weighted by Crippen LogP contribution is 2.53. The van der Waals surface area contributed by atoms with Gasteiger partial charge in [-0.3, -0.25) is 14.0 Å².